The van der Waals surface area contributed by atoms with Gasteiger partial charge in [0.2, 0.25) is 5.91 Å². The zero-order valence-corrected chi connectivity index (χ0v) is 21.2. The van der Waals surface area contributed by atoms with Crippen LogP contribution in [0.15, 0.2) is 83.8 Å². The van der Waals surface area contributed by atoms with Crippen LogP contribution in [0.5, 0.6) is 5.75 Å². The first-order valence-corrected chi connectivity index (χ1v) is 13.6. The van der Waals surface area contributed by atoms with E-state index in [4.69, 9.17) is 16.3 Å². The topological polar surface area (TPSA) is 66.9 Å². The van der Waals surface area contributed by atoms with Gasteiger partial charge in [-0.05, 0) is 47.5 Å². The summed E-state index contributed by atoms with van der Waals surface area (Å²) < 4.78 is 30.4. The Hall–Kier alpha value is -2.87. The van der Waals surface area contributed by atoms with E-state index in [0.29, 0.717) is 37.0 Å². The fraction of sp³-hybridized carbons (Fsp3) is 0.296. The predicted octanol–water partition coefficient (Wildman–Crippen LogP) is 4.45. The Morgan fingerprint density at radius 3 is 2.09 bits per heavy atom. The van der Waals surface area contributed by atoms with Crippen LogP contribution < -0.4 is 4.74 Å². The van der Waals surface area contributed by atoms with Gasteiger partial charge in [0.25, 0.3) is 0 Å². The summed E-state index contributed by atoms with van der Waals surface area (Å²) in [5.74, 6) is 0.241. The monoisotopic (exact) mass is 512 g/mol. The molecule has 1 amide bonds. The van der Waals surface area contributed by atoms with Crippen LogP contribution in [0.3, 0.4) is 0 Å². The molecule has 1 unspecified atom stereocenters. The maximum atomic E-state index is 12.8. The van der Waals surface area contributed by atoms with E-state index in [2.05, 4.69) is 17.0 Å². The van der Waals surface area contributed by atoms with Crippen molar-refractivity contribution in [3.8, 4) is 5.75 Å². The van der Waals surface area contributed by atoms with Gasteiger partial charge in [-0.1, -0.05) is 54.1 Å². The molecule has 1 heterocycles. The number of rotatable bonds is 8. The van der Waals surface area contributed by atoms with Crippen LogP contribution in [0.1, 0.15) is 23.6 Å². The number of sulfone groups is 1. The number of hydrogen-bond donors (Lipinski definition) is 0. The second-order valence-corrected chi connectivity index (χ2v) is 11.1. The lowest BCUT2D eigenvalue weighted by molar-refractivity contribution is -0.132. The highest BCUT2D eigenvalue weighted by atomic mass is 35.5. The number of ether oxygens (including phenoxy) is 1. The van der Waals surface area contributed by atoms with Crippen LogP contribution in [-0.2, 0) is 14.6 Å². The van der Waals surface area contributed by atoms with E-state index >= 15 is 0 Å². The Labute approximate surface area is 212 Å². The first-order valence-electron chi connectivity index (χ1n) is 11.6. The lowest BCUT2D eigenvalue weighted by Crippen LogP contribution is -2.50. The van der Waals surface area contributed by atoms with Crippen LogP contribution in [0.4, 0.5) is 0 Å². The fourth-order valence-corrected chi connectivity index (χ4v) is 5.76. The van der Waals surface area contributed by atoms with Crippen molar-refractivity contribution < 1.29 is 17.9 Å². The Kier molecular flexibility index (Phi) is 8.11. The summed E-state index contributed by atoms with van der Waals surface area (Å²) in [5, 5.41) is 0.695. The molecule has 0 spiro atoms. The van der Waals surface area contributed by atoms with E-state index in [9.17, 15) is 13.2 Å². The molecule has 6 nitrogen and oxygen atoms in total. The molecule has 4 rings (SSSR count). The van der Waals surface area contributed by atoms with Crippen LogP contribution in [0.25, 0.3) is 0 Å². The van der Waals surface area contributed by atoms with Gasteiger partial charge in [0.15, 0.2) is 9.84 Å². The largest absolute Gasteiger partial charge is 0.497 e. The average Bonchev–Trinajstić information content (AvgIpc) is 2.90. The third kappa shape index (κ3) is 6.23. The highest BCUT2D eigenvalue weighted by Crippen LogP contribution is 2.30. The molecule has 1 aliphatic heterocycles. The van der Waals surface area contributed by atoms with Gasteiger partial charge in [0.1, 0.15) is 5.75 Å². The van der Waals surface area contributed by atoms with Crippen molar-refractivity contribution in [2.45, 2.75) is 17.4 Å². The summed E-state index contributed by atoms with van der Waals surface area (Å²) in [6.45, 7) is 2.50. The van der Waals surface area contributed by atoms with Crippen LogP contribution in [0, 0.1) is 0 Å². The highest BCUT2D eigenvalue weighted by molar-refractivity contribution is 7.91. The number of methoxy groups -OCH3 is 1. The Morgan fingerprint density at radius 1 is 0.886 bits per heavy atom. The number of carbonyl (C=O) groups excluding carboxylic acids is 1. The quantitative estimate of drug-likeness (QED) is 0.446. The number of benzene rings is 3. The number of piperazine rings is 1. The Morgan fingerprint density at radius 2 is 1.49 bits per heavy atom. The molecule has 1 saturated heterocycles. The molecule has 8 heteroatoms. The minimum Gasteiger partial charge on any atom is -0.497 e. The molecule has 184 valence electrons. The lowest BCUT2D eigenvalue weighted by atomic mass is 9.96. The molecule has 0 aliphatic carbocycles. The summed E-state index contributed by atoms with van der Waals surface area (Å²) >= 11 is 6.11. The molecule has 35 heavy (non-hydrogen) atoms. The number of amides is 1. The molecule has 0 N–H and O–H groups in total. The van der Waals surface area contributed by atoms with Gasteiger partial charge in [-0.15, -0.1) is 0 Å². The van der Waals surface area contributed by atoms with Crippen molar-refractivity contribution in [2.75, 3.05) is 39.0 Å². The molecule has 3 aromatic carbocycles. The summed E-state index contributed by atoms with van der Waals surface area (Å²) in [5.41, 5.74) is 2.33. The van der Waals surface area contributed by atoms with E-state index < -0.39 is 9.84 Å². The van der Waals surface area contributed by atoms with E-state index in [1.807, 2.05) is 42.5 Å². The summed E-state index contributed by atoms with van der Waals surface area (Å²) in [6.07, 6.45) is -0.0341. The first kappa shape index (κ1) is 25.2. The van der Waals surface area contributed by atoms with Gasteiger partial charge in [0.05, 0.1) is 23.8 Å². The molecule has 0 aromatic heterocycles. The molecule has 3 aromatic rings. The first-order chi connectivity index (χ1) is 16.9. The Bertz CT molecular complexity index is 1220. The molecule has 0 radical (unpaired) electrons. The fourth-order valence-electron chi connectivity index (χ4n) is 4.40. The number of halogens is 1. The third-order valence-electron chi connectivity index (χ3n) is 6.34. The molecule has 1 aliphatic rings. The minimum atomic E-state index is -3.54. The summed E-state index contributed by atoms with van der Waals surface area (Å²) in [7, 11) is -2.02. The molecule has 0 bridgehead atoms. The second kappa shape index (κ2) is 11.2. The molecular weight excluding hydrogens is 484 g/mol. The van der Waals surface area contributed by atoms with Gasteiger partial charge >= 0.3 is 0 Å². The van der Waals surface area contributed by atoms with Crippen molar-refractivity contribution in [3.63, 3.8) is 0 Å². The zero-order chi connectivity index (χ0) is 24.8. The summed E-state index contributed by atoms with van der Waals surface area (Å²) in [6, 6.07) is 24.5. The van der Waals surface area contributed by atoms with E-state index in [0.717, 1.165) is 5.56 Å². The minimum absolute atomic E-state index is 0.0341. The van der Waals surface area contributed by atoms with Gasteiger partial charge in [-0.2, -0.15) is 0 Å². The van der Waals surface area contributed by atoms with Crippen LogP contribution >= 0.6 is 11.6 Å². The standard InChI is InChI=1S/C27H29ClN2O4S/c1-34-24-11-13-25(14-12-24)35(32,33)20-15-26(31)29-16-18-30(19-17-29)27(21-5-3-2-4-6-21)22-7-9-23(28)10-8-22/h2-14,27H,15-20H2,1H3. The molecule has 0 saturated carbocycles. The van der Waals surface area contributed by atoms with Crippen LogP contribution in [-0.4, -0.2) is 63.2 Å². The van der Waals surface area contributed by atoms with E-state index in [1.165, 1.54) is 24.8 Å². The second-order valence-electron chi connectivity index (χ2n) is 8.53. The zero-order valence-electron chi connectivity index (χ0n) is 19.6. The van der Waals surface area contributed by atoms with Gasteiger partial charge in [-0.3, -0.25) is 9.69 Å². The van der Waals surface area contributed by atoms with Gasteiger partial charge < -0.3 is 9.64 Å². The third-order valence-corrected chi connectivity index (χ3v) is 8.32. The Balaban J connectivity index is 1.38. The van der Waals surface area contributed by atoms with E-state index in [1.54, 1.807) is 17.0 Å². The van der Waals surface area contributed by atoms with Crippen molar-refractivity contribution in [1.29, 1.82) is 0 Å². The van der Waals surface area contributed by atoms with Crippen molar-refractivity contribution in [1.82, 2.24) is 9.80 Å². The van der Waals surface area contributed by atoms with Crippen molar-refractivity contribution in [3.05, 3.63) is 95.0 Å². The molecular formula is C27H29ClN2O4S. The molecule has 1 fully saturated rings. The van der Waals surface area contributed by atoms with Crippen molar-refractivity contribution in [2.24, 2.45) is 0 Å². The van der Waals surface area contributed by atoms with Crippen LogP contribution in [0.2, 0.25) is 5.02 Å². The number of carbonyl (C=O) groups is 1. The van der Waals surface area contributed by atoms with E-state index in [-0.39, 0.29) is 29.0 Å². The van der Waals surface area contributed by atoms with Crippen molar-refractivity contribution >= 4 is 27.3 Å². The molecule has 1 atom stereocenters. The normalized spacial score (nSPS) is 15.5. The number of nitrogens with zero attached hydrogens (tertiary/aromatic N) is 2. The smallest absolute Gasteiger partial charge is 0.223 e. The maximum absolute atomic E-state index is 12.8. The summed E-state index contributed by atoms with van der Waals surface area (Å²) in [4.78, 5) is 17.2. The van der Waals surface area contributed by atoms with Gasteiger partial charge in [0, 0.05) is 37.6 Å². The average molecular weight is 513 g/mol. The predicted molar refractivity (Wildman–Crippen MR) is 138 cm³/mol. The lowest BCUT2D eigenvalue weighted by Gasteiger charge is -2.40. The number of hydrogen-bond acceptors (Lipinski definition) is 5. The highest BCUT2D eigenvalue weighted by Gasteiger charge is 2.29. The van der Waals surface area contributed by atoms with Gasteiger partial charge in [-0.25, -0.2) is 8.42 Å². The SMILES string of the molecule is COc1ccc(S(=O)(=O)CCC(=O)N2CCN(C(c3ccccc3)c3ccc(Cl)cc3)CC2)cc1. The maximum Gasteiger partial charge on any atom is 0.223 e.